The zero-order valence-corrected chi connectivity index (χ0v) is 11.8. The van der Waals surface area contributed by atoms with Gasteiger partial charge in [-0.2, -0.15) is 8.42 Å². The molecule has 0 saturated heterocycles. The maximum absolute atomic E-state index is 11.9. The average molecular weight is 322 g/mol. The van der Waals surface area contributed by atoms with Crippen LogP contribution in [0.25, 0.3) is 0 Å². The van der Waals surface area contributed by atoms with E-state index in [0.29, 0.717) is 0 Å². The summed E-state index contributed by atoms with van der Waals surface area (Å²) in [5, 5.41) is 24.2. The number of non-ortho nitro benzene ring substituents is 1. The number of nitro groups is 1. The van der Waals surface area contributed by atoms with Gasteiger partial charge in [0.2, 0.25) is 0 Å². The second kappa shape index (κ2) is 6.28. The third-order valence-electron chi connectivity index (χ3n) is 2.54. The van der Waals surface area contributed by atoms with Crippen molar-refractivity contribution >= 4 is 15.7 Å². The van der Waals surface area contributed by atoms with Crippen LogP contribution in [0.1, 0.15) is 0 Å². The molecule has 0 amide bonds. The summed E-state index contributed by atoms with van der Waals surface area (Å²) in [6.45, 7) is 0. The summed E-state index contributed by atoms with van der Waals surface area (Å²) in [6.07, 6.45) is 7.03. The Labute approximate surface area is 125 Å². The Morgan fingerprint density at radius 1 is 1.32 bits per heavy atom. The number of hydrogen-bond acceptors (Lipinski definition) is 7. The highest BCUT2D eigenvalue weighted by atomic mass is 32.2. The standard InChI is InChI=1S/C12H10N4O5S/c17-15-7-2-1-4-11(15)9-13-14-22(20,21)12-6-3-5-10(8-12)16(18)19/h1-9,17H/b11-9+,14-13?. The van der Waals surface area contributed by atoms with E-state index in [-0.39, 0.29) is 16.3 Å². The van der Waals surface area contributed by atoms with Gasteiger partial charge in [0.1, 0.15) is 0 Å². The molecule has 9 nitrogen and oxygen atoms in total. The minimum atomic E-state index is -4.17. The van der Waals surface area contributed by atoms with Gasteiger partial charge in [0, 0.05) is 18.3 Å². The molecular formula is C12H10N4O5S. The first kappa shape index (κ1) is 15.5. The van der Waals surface area contributed by atoms with E-state index in [1.54, 1.807) is 12.2 Å². The molecule has 0 aromatic heterocycles. The van der Waals surface area contributed by atoms with Crippen LogP contribution in [-0.2, 0) is 10.0 Å². The van der Waals surface area contributed by atoms with Crippen molar-refractivity contribution in [2.24, 2.45) is 9.63 Å². The Bertz CT molecular complexity index is 811. The lowest BCUT2D eigenvalue weighted by atomic mass is 10.3. The number of hydrogen-bond donors (Lipinski definition) is 1. The van der Waals surface area contributed by atoms with Crippen molar-refractivity contribution in [1.82, 2.24) is 5.06 Å². The minimum Gasteiger partial charge on any atom is -0.284 e. The van der Waals surface area contributed by atoms with Crippen LogP contribution in [0.15, 0.2) is 75.1 Å². The molecule has 1 aliphatic heterocycles. The van der Waals surface area contributed by atoms with Gasteiger partial charge in [-0.05, 0) is 18.2 Å². The van der Waals surface area contributed by atoms with Crippen molar-refractivity contribution in [3.05, 3.63) is 70.7 Å². The lowest BCUT2D eigenvalue weighted by Gasteiger charge is -2.13. The maximum Gasteiger partial charge on any atom is 0.299 e. The minimum absolute atomic E-state index is 0.209. The molecule has 10 heteroatoms. The lowest BCUT2D eigenvalue weighted by Crippen LogP contribution is -2.10. The van der Waals surface area contributed by atoms with Crippen molar-refractivity contribution in [3.8, 4) is 0 Å². The van der Waals surface area contributed by atoms with E-state index < -0.39 is 14.9 Å². The van der Waals surface area contributed by atoms with Crippen LogP contribution >= 0.6 is 0 Å². The number of benzene rings is 1. The first-order chi connectivity index (χ1) is 10.4. The smallest absolute Gasteiger partial charge is 0.284 e. The molecule has 0 radical (unpaired) electrons. The first-order valence-corrected chi connectivity index (χ1v) is 7.29. The van der Waals surface area contributed by atoms with Crippen LogP contribution < -0.4 is 0 Å². The molecule has 0 aliphatic carbocycles. The molecule has 0 unspecified atom stereocenters. The van der Waals surface area contributed by atoms with Crippen LogP contribution in [0.3, 0.4) is 0 Å². The number of sulfonamides is 1. The highest BCUT2D eigenvalue weighted by molar-refractivity contribution is 7.90. The van der Waals surface area contributed by atoms with Gasteiger partial charge in [-0.15, -0.1) is 5.11 Å². The molecule has 1 N–H and O–H groups in total. The maximum atomic E-state index is 11.9. The van der Waals surface area contributed by atoms with E-state index in [0.717, 1.165) is 17.3 Å². The third-order valence-corrected chi connectivity index (χ3v) is 3.70. The number of nitrogens with zero attached hydrogens (tertiary/aromatic N) is 4. The quantitative estimate of drug-likeness (QED) is 0.515. The molecule has 1 aromatic carbocycles. The van der Waals surface area contributed by atoms with Crippen molar-refractivity contribution in [2.75, 3.05) is 0 Å². The highest BCUT2D eigenvalue weighted by Crippen LogP contribution is 2.19. The Morgan fingerprint density at radius 3 is 2.77 bits per heavy atom. The van der Waals surface area contributed by atoms with E-state index in [4.69, 9.17) is 0 Å². The van der Waals surface area contributed by atoms with Crippen LogP contribution in [-0.4, -0.2) is 23.6 Å². The molecule has 0 fully saturated rings. The SMILES string of the molecule is O=[N+]([O-])c1cccc(S(=O)(=O)N=N/C=C2\C=CC=CN2O)c1. The normalized spacial score (nSPS) is 16.6. The third kappa shape index (κ3) is 3.62. The van der Waals surface area contributed by atoms with Crippen molar-refractivity contribution in [1.29, 1.82) is 0 Å². The molecule has 22 heavy (non-hydrogen) atoms. The van der Waals surface area contributed by atoms with Gasteiger partial charge in [0.05, 0.1) is 21.7 Å². The monoisotopic (exact) mass is 322 g/mol. The Kier molecular flexibility index (Phi) is 4.44. The van der Waals surface area contributed by atoms with Gasteiger partial charge in [0.15, 0.2) is 0 Å². The zero-order chi connectivity index (χ0) is 16.2. The zero-order valence-electron chi connectivity index (χ0n) is 11.0. The van der Waals surface area contributed by atoms with Gasteiger partial charge in [-0.1, -0.05) is 16.7 Å². The lowest BCUT2D eigenvalue weighted by molar-refractivity contribution is -0.385. The molecule has 0 spiro atoms. The van der Waals surface area contributed by atoms with E-state index in [2.05, 4.69) is 9.63 Å². The van der Waals surface area contributed by atoms with E-state index >= 15 is 0 Å². The fraction of sp³-hybridized carbons (Fsp3) is 0. The molecule has 0 atom stereocenters. The largest absolute Gasteiger partial charge is 0.299 e. The van der Waals surface area contributed by atoms with Crippen molar-refractivity contribution < 1.29 is 18.5 Å². The second-order valence-corrected chi connectivity index (χ2v) is 5.61. The topological polar surface area (TPSA) is 125 Å². The Balaban J connectivity index is 2.24. The van der Waals surface area contributed by atoms with Crippen molar-refractivity contribution in [3.63, 3.8) is 0 Å². The van der Waals surface area contributed by atoms with Gasteiger partial charge in [0.25, 0.3) is 15.7 Å². The summed E-state index contributed by atoms with van der Waals surface area (Å²) >= 11 is 0. The van der Waals surface area contributed by atoms with Gasteiger partial charge in [-0.3, -0.25) is 15.3 Å². The Hall–Kier alpha value is -2.85. The van der Waals surface area contributed by atoms with Gasteiger partial charge < -0.3 is 0 Å². The average Bonchev–Trinajstić information content (AvgIpc) is 2.49. The van der Waals surface area contributed by atoms with Gasteiger partial charge in [-0.25, -0.2) is 5.06 Å². The predicted molar refractivity (Wildman–Crippen MR) is 75.1 cm³/mol. The van der Waals surface area contributed by atoms with Crippen LogP contribution in [0.5, 0.6) is 0 Å². The second-order valence-electron chi connectivity index (χ2n) is 4.03. The summed E-state index contributed by atoms with van der Waals surface area (Å²) in [5.74, 6) is 0. The summed E-state index contributed by atoms with van der Waals surface area (Å²) < 4.78 is 27.0. The number of allylic oxidation sites excluding steroid dienone is 3. The predicted octanol–water partition coefficient (Wildman–Crippen LogP) is 2.35. The van der Waals surface area contributed by atoms with E-state index in [1.807, 2.05) is 0 Å². The molecule has 1 heterocycles. The number of rotatable bonds is 4. The van der Waals surface area contributed by atoms with Gasteiger partial charge >= 0.3 is 0 Å². The summed E-state index contributed by atoms with van der Waals surface area (Å²) in [4.78, 5) is 9.59. The number of nitro benzene ring substituents is 1. The molecule has 1 aliphatic rings. The van der Waals surface area contributed by atoms with E-state index in [1.165, 1.54) is 30.5 Å². The molecule has 1 aromatic rings. The fourth-order valence-electron chi connectivity index (χ4n) is 1.50. The summed E-state index contributed by atoms with van der Waals surface area (Å²) in [5.41, 5.74) is -0.156. The molecule has 0 bridgehead atoms. The van der Waals surface area contributed by atoms with Crippen LogP contribution in [0, 0.1) is 10.1 Å². The molecule has 0 saturated carbocycles. The fourth-order valence-corrected chi connectivity index (χ4v) is 2.29. The first-order valence-electron chi connectivity index (χ1n) is 5.85. The van der Waals surface area contributed by atoms with Crippen molar-refractivity contribution in [2.45, 2.75) is 4.90 Å². The molecule has 2 rings (SSSR count). The van der Waals surface area contributed by atoms with Crippen LogP contribution in [0.2, 0.25) is 0 Å². The summed E-state index contributed by atoms with van der Waals surface area (Å²) in [6, 6.07) is 4.48. The summed E-state index contributed by atoms with van der Waals surface area (Å²) in [7, 11) is -4.17. The molecule has 114 valence electrons. The highest BCUT2D eigenvalue weighted by Gasteiger charge is 2.16. The van der Waals surface area contributed by atoms with Crippen LogP contribution in [0.4, 0.5) is 5.69 Å². The van der Waals surface area contributed by atoms with E-state index in [9.17, 15) is 23.7 Å². The Morgan fingerprint density at radius 2 is 2.09 bits per heavy atom. The number of hydroxylamine groups is 2. The molecular weight excluding hydrogens is 312 g/mol.